The van der Waals surface area contributed by atoms with Gasteiger partial charge in [-0.1, -0.05) is 24.6 Å². The van der Waals surface area contributed by atoms with Crippen molar-refractivity contribution < 1.29 is 4.79 Å². The van der Waals surface area contributed by atoms with Crippen LogP contribution < -0.4 is 5.32 Å². The summed E-state index contributed by atoms with van der Waals surface area (Å²) in [5.74, 6) is 0.00422. The highest BCUT2D eigenvalue weighted by atomic mass is 35.5. The van der Waals surface area contributed by atoms with E-state index in [4.69, 9.17) is 11.6 Å². The minimum absolute atomic E-state index is 0.00422. The summed E-state index contributed by atoms with van der Waals surface area (Å²) >= 11 is 6.16. The van der Waals surface area contributed by atoms with Gasteiger partial charge in [-0.25, -0.2) is 0 Å². The first-order valence-electron chi connectivity index (χ1n) is 7.50. The summed E-state index contributed by atoms with van der Waals surface area (Å²) in [4.78, 5) is 13.2. The van der Waals surface area contributed by atoms with Crippen LogP contribution in [0.4, 0.5) is 5.69 Å². The monoisotopic (exact) mass is 328 g/mol. The van der Waals surface area contributed by atoms with Crippen LogP contribution in [0, 0.1) is 6.92 Å². The van der Waals surface area contributed by atoms with Gasteiger partial charge in [0.1, 0.15) is 11.0 Å². The van der Waals surface area contributed by atoms with E-state index in [-0.39, 0.29) is 5.91 Å². The lowest BCUT2D eigenvalue weighted by molar-refractivity contribution is -0.116. The molecule has 0 fully saturated rings. The number of rotatable bonds is 4. The van der Waals surface area contributed by atoms with Crippen molar-refractivity contribution in [1.29, 1.82) is 0 Å². The van der Waals surface area contributed by atoms with E-state index in [9.17, 15) is 4.79 Å². The van der Waals surface area contributed by atoms with Crippen molar-refractivity contribution in [2.45, 2.75) is 26.7 Å². The average Bonchev–Trinajstić information content (AvgIpc) is 2.93. The number of nitrogens with zero attached hydrogens (tertiary/aromatic N) is 3. The van der Waals surface area contributed by atoms with Gasteiger partial charge in [-0.2, -0.15) is 4.80 Å². The third-order valence-electron chi connectivity index (χ3n) is 3.53. The maximum absolute atomic E-state index is 11.7. The van der Waals surface area contributed by atoms with Crippen molar-refractivity contribution in [3.63, 3.8) is 0 Å². The molecule has 0 spiro atoms. The molecule has 1 aromatic heterocycles. The van der Waals surface area contributed by atoms with Crippen molar-refractivity contribution in [3.05, 3.63) is 47.0 Å². The Kier molecular flexibility index (Phi) is 4.30. The second-order valence-electron chi connectivity index (χ2n) is 5.42. The number of halogens is 1. The minimum atomic E-state index is 0.00422. The number of amides is 1. The highest BCUT2D eigenvalue weighted by molar-refractivity contribution is 6.31. The molecule has 6 heteroatoms. The zero-order chi connectivity index (χ0) is 16.4. The zero-order valence-electron chi connectivity index (χ0n) is 13.0. The number of aromatic nitrogens is 3. The molecule has 0 bridgehead atoms. The summed E-state index contributed by atoms with van der Waals surface area (Å²) in [5, 5.41) is 12.4. The van der Waals surface area contributed by atoms with Gasteiger partial charge in [-0.05, 0) is 49.2 Å². The molecule has 0 aliphatic carbocycles. The first-order valence-corrected chi connectivity index (χ1v) is 7.88. The Balaban J connectivity index is 1.92. The maximum Gasteiger partial charge on any atom is 0.224 e. The van der Waals surface area contributed by atoms with E-state index in [1.807, 2.05) is 50.2 Å². The lowest BCUT2D eigenvalue weighted by atomic mass is 10.2. The Morgan fingerprint density at radius 2 is 1.96 bits per heavy atom. The van der Waals surface area contributed by atoms with Crippen LogP contribution in [0.2, 0.25) is 5.02 Å². The number of benzene rings is 2. The molecular formula is C17H17ClN4O. The van der Waals surface area contributed by atoms with Crippen molar-refractivity contribution in [2.75, 3.05) is 5.32 Å². The van der Waals surface area contributed by atoms with Crippen LogP contribution in [0.5, 0.6) is 0 Å². The van der Waals surface area contributed by atoms with Gasteiger partial charge in [-0.3, -0.25) is 4.79 Å². The SMILES string of the molecule is CCCC(=O)Nc1ccc2nn(-c3ccc(C)c(Cl)c3)nc2c1. The molecule has 0 aliphatic rings. The van der Waals surface area contributed by atoms with Crippen LogP contribution in [-0.4, -0.2) is 20.9 Å². The second-order valence-corrected chi connectivity index (χ2v) is 5.83. The molecule has 0 radical (unpaired) electrons. The summed E-state index contributed by atoms with van der Waals surface area (Å²) in [5.41, 5.74) is 4.01. The van der Waals surface area contributed by atoms with Gasteiger partial charge in [0.25, 0.3) is 0 Å². The molecule has 1 amide bonds. The lowest BCUT2D eigenvalue weighted by Crippen LogP contribution is -2.10. The number of hydrogen-bond acceptors (Lipinski definition) is 3. The van der Waals surface area contributed by atoms with Crippen LogP contribution in [0.3, 0.4) is 0 Å². The third-order valence-corrected chi connectivity index (χ3v) is 3.93. The van der Waals surface area contributed by atoms with E-state index < -0.39 is 0 Å². The molecular weight excluding hydrogens is 312 g/mol. The van der Waals surface area contributed by atoms with Crippen LogP contribution in [0.15, 0.2) is 36.4 Å². The van der Waals surface area contributed by atoms with Gasteiger partial charge >= 0.3 is 0 Å². The Bertz CT molecular complexity index is 872. The molecule has 1 N–H and O–H groups in total. The molecule has 0 saturated carbocycles. The maximum atomic E-state index is 11.7. The standard InChI is InChI=1S/C17H17ClN4O/c1-3-4-17(23)19-12-6-8-15-16(9-12)21-22(20-15)13-7-5-11(2)14(18)10-13/h5-10H,3-4H2,1-2H3,(H,19,23). The molecule has 23 heavy (non-hydrogen) atoms. The van der Waals surface area contributed by atoms with E-state index in [1.165, 1.54) is 0 Å². The first kappa shape index (κ1) is 15.5. The molecule has 3 rings (SSSR count). The Labute approximate surface area is 139 Å². The number of carbonyl (C=O) groups is 1. The molecule has 5 nitrogen and oxygen atoms in total. The molecule has 3 aromatic rings. The zero-order valence-corrected chi connectivity index (χ0v) is 13.8. The van der Waals surface area contributed by atoms with Crippen molar-refractivity contribution in [3.8, 4) is 5.69 Å². The van der Waals surface area contributed by atoms with Crippen LogP contribution in [0.25, 0.3) is 16.7 Å². The first-order chi connectivity index (χ1) is 11.1. The molecule has 2 aromatic carbocycles. The fraction of sp³-hybridized carbons (Fsp3) is 0.235. The molecule has 0 aliphatic heterocycles. The average molecular weight is 329 g/mol. The molecule has 0 saturated heterocycles. The second kappa shape index (κ2) is 6.38. The van der Waals surface area contributed by atoms with Crippen molar-refractivity contribution >= 4 is 34.2 Å². The van der Waals surface area contributed by atoms with E-state index in [1.54, 1.807) is 4.80 Å². The topological polar surface area (TPSA) is 59.8 Å². The third kappa shape index (κ3) is 3.35. The van der Waals surface area contributed by atoms with Gasteiger partial charge in [0.05, 0.1) is 5.69 Å². The van der Waals surface area contributed by atoms with E-state index in [0.29, 0.717) is 11.4 Å². The van der Waals surface area contributed by atoms with Crippen LogP contribution in [0.1, 0.15) is 25.3 Å². The van der Waals surface area contributed by atoms with E-state index >= 15 is 0 Å². The summed E-state index contributed by atoms with van der Waals surface area (Å²) in [7, 11) is 0. The van der Waals surface area contributed by atoms with Crippen molar-refractivity contribution in [1.82, 2.24) is 15.0 Å². The Hall–Kier alpha value is -2.40. The number of aryl methyl sites for hydroxylation is 1. The highest BCUT2D eigenvalue weighted by Gasteiger charge is 2.08. The molecule has 118 valence electrons. The summed E-state index contributed by atoms with van der Waals surface area (Å²) < 4.78 is 0. The quantitative estimate of drug-likeness (QED) is 0.783. The van der Waals surface area contributed by atoms with Crippen LogP contribution >= 0.6 is 11.6 Å². The van der Waals surface area contributed by atoms with Gasteiger partial charge in [0, 0.05) is 17.1 Å². The summed E-state index contributed by atoms with van der Waals surface area (Å²) in [6.07, 6.45) is 1.32. The van der Waals surface area contributed by atoms with Gasteiger partial charge in [0.15, 0.2) is 0 Å². The smallest absolute Gasteiger partial charge is 0.224 e. The van der Waals surface area contributed by atoms with Gasteiger partial charge in [0.2, 0.25) is 5.91 Å². The molecule has 1 heterocycles. The van der Waals surface area contributed by atoms with E-state index in [0.717, 1.165) is 34.4 Å². The molecule has 0 atom stereocenters. The normalized spacial score (nSPS) is 10.9. The number of fused-ring (bicyclic) bond motifs is 1. The number of anilines is 1. The number of nitrogens with one attached hydrogen (secondary N) is 1. The minimum Gasteiger partial charge on any atom is -0.326 e. The fourth-order valence-electron chi connectivity index (χ4n) is 2.26. The Morgan fingerprint density at radius 1 is 1.17 bits per heavy atom. The van der Waals surface area contributed by atoms with Crippen molar-refractivity contribution in [2.24, 2.45) is 0 Å². The lowest BCUT2D eigenvalue weighted by Gasteiger charge is -2.03. The largest absolute Gasteiger partial charge is 0.326 e. The van der Waals surface area contributed by atoms with E-state index in [2.05, 4.69) is 15.5 Å². The summed E-state index contributed by atoms with van der Waals surface area (Å²) in [6, 6.07) is 11.2. The predicted octanol–water partition coefficient (Wildman–Crippen LogP) is 4.12. The van der Waals surface area contributed by atoms with Gasteiger partial charge < -0.3 is 5.32 Å². The fourth-order valence-corrected chi connectivity index (χ4v) is 2.44. The highest BCUT2D eigenvalue weighted by Crippen LogP contribution is 2.21. The van der Waals surface area contributed by atoms with Gasteiger partial charge in [-0.15, -0.1) is 10.2 Å². The van der Waals surface area contributed by atoms with Crippen LogP contribution in [-0.2, 0) is 4.79 Å². The number of hydrogen-bond donors (Lipinski definition) is 1. The predicted molar refractivity (Wildman–Crippen MR) is 92.1 cm³/mol. The summed E-state index contributed by atoms with van der Waals surface area (Å²) in [6.45, 7) is 3.92. The number of carbonyl (C=O) groups excluding carboxylic acids is 1. The Morgan fingerprint density at radius 3 is 2.70 bits per heavy atom. The molecule has 0 unspecified atom stereocenters.